The van der Waals surface area contributed by atoms with Crippen LogP contribution in [0.2, 0.25) is 0 Å². The Hall–Kier alpha value is -1.26. The fourth-order valence-corrected chi connectivity index (χ4v) is 2.52. The fraction of sp³-hybridized carbons (Fsp3) is 0.467. The minimum Gasteiger partial charge on any atom is -0.399 e. The number of benzene rings is 1. The second kappa shape index (κ2) is 3.87. The number of hydrogen-bond donors (Lipinski definition) is 1. The van der Waals surface area contributed by atoms with Crippen molar-refractivity contribution >= 4 is 23.5 Å². The molecular formula is C15H20BNO2. The highest BCUT2D eigenvalue weighted by Crippen LogP contribution is 2.36. The normalized spacial score (nSPS) is 21.2. The lowest BCUT2D eigenvalue weighted by atomic mass is 9.76. The monoisotopic (exact) mass is 257 g/mol. The molecule has 0 amide bonds. The first-order valence-electron chi connectivity index (χ1n) is 6.74. The van der Waals surface area contributed by atoms with Gasteiger partial charge in [-0.2, -0.15) is 0 Å². The van der Waals surface area contributed by atoms with Gasteiger partial charge in [0, 0.05) is 11.7 Å². The van der Waals surface area contributed by atoms with E-state index in [1.54, 1.807) is 0 Å². The predicted molar refractivity (Wildman–Crippen MR) is 78.8 cm³/mol. The van der Waals surface area contributed by atoms with Crippen molar-refractivity contribution in [2.75, 3.05) is 0 Å². The van der Waals surface area contributed by atoms with Gasteiger partial charge in [-0.3, -0.25) is 0 Å². The van der Waals surface area contributed by atoms with Crippen LogP contribution in [0.4, 0.5) is 0 Å². The van der Waals surface area contributed by atoms with E-state index in [0.717, 1.165) is 11.0 Å². The number of aryl methyl sites for hydroxylation is 1. The average molecular weight is 257 g/mol. The quantitative estimate of drug-likeness (QED) is 0.797. The van der Waals surface area contributed by atoms with Crippen molar-refractivity contribution in [2.45, 2.75) is 45.8 Å². The molecule has 4 heteroatoms. The molecule has 0 unspecified atom stereocenters. The summed E-state index contributed by atoms with van der Waals surface area (Å²) < 4.78 is 12.2. The van der Waals surface area contributed by atoms with E-state index in [1.807, 2.05) is 6.20 Å². The summed E-state index contributed by atoms with van der Waals surface area (Å²) in [6, 6.07) is 6.29. The molecule has 0 bridgehead atoms. The van der Waals surface area contributed by atoms with E-state index < -0.39 is 0 Å². The Morgan fingerprint density at radius 2 is 1.63 bits per heavy atom. The van der Waals surface area contributed by atoms with Gasteiger partial charge in [-0.15, -0.1) is 0 Å². The van der Waals surface area contributed by atoms with E-state index in [0.29, 0.717) is 0 Å². The SMILES string of the molecule is Cc1c(B2OC(C)(C)C(C)(C)O2)ccc2cc[nH]c12. The zero-order valence-electron chi connectivity index (χ0n) is 12.2. The third kappa shape index (κ3) is 1.82. The number of aromatic nitrogens is 1. The molecule has 1 aliphatic heterocycles. The van der Waals surface area contributed by atoms with Crippen LogP contribution in [-0.4, -0.2) is 23.3 Å². The number of H-pyrrole nitrogens is 1. The number of nitrogens with one attached hydrogen (secondary N) is 1. The molecule has 1 fully saturated rings. The lowest BCUT2D eigenvalue weighted by molar-refractivity contribution is 0.00578. The maximum atomic E-state index is 6.12. The molecule has 0 spiro atoms. The lowest BCUT2D eigenvalue weighted by Gasteiger charge is -2.32. The smallest absolute Gasteiger partial charge is 0.399 e. The van der Waals surface area contributed by atoms with Crippen molar-refractivity contribution in [3.63, 3.8) is 0 Å². The third-order valence-corrected chi connectivity index (χ3v) is 4.54. The van der Waals surface area contributed by atoms with Gasteiger partial charge in [-0.05, 0) is 57.1 Å². The molecule has 19 heavy (non-hydrogen) atoms. The van der Waals surface area contributed by atoms with E-state index in [1.165, 1.54) is 10.9 Å². The van der Waals surface area contributed by atoms with Gasteiger partial charge in [0.25, 0.3) is 0 Å². The number of hydrogen-bond acceptors (Lipinski definition) is 2. The summed E-state index contributed by atoms with van der Waals surface area (Å²) in [6.07, 6.45) is 1.96. The molecule has 0 aliphatic carbocycles. The highest BCUT2D eigenvalue weighted by Gasteiger charge is 2.52. The Kier molecular flexibility index (Phi) is 2.60. The van der Waals surface area contributed by atoms with Gasteiger partial charge in [-0.25, -0.2) is 0 Å². The van der Waals surface area contributed by atoms with E-state index in [4.69, 9.17) is 9.31 Å². The highest BCUT2D eigenvalue weighted by atomic mass is 16.7. The van der Waals surface area contributed by atoms with E-state index in [2.05, 4.69) is 57.8 Å². The summed E-state index contributed by atoms with van der Waals surface area (Å²) in [5.41, 5.74) is 2.87. The summed E-state index contributed by atoms with van der Waals surface area (Å²) in [5, 5.41) is 1.22. The van der Waals surface area contributed by atoms with Crippen LogP contribution in [0.1, 0.15) is 33.3 Å². The maximum absolute atomic E-state index is 6.12. The zero-order chi connectivity index (χ0) is 13.8. The molecule has 0 atom stereocenters. The molecule has 1 saturated heterocycles. The summed E-state index contributed by atoms with van der Waals surface area (Å²) >= 11 is 0. The first kappa shape index (κ1) is 12.8. The Labute approximate surface area is 114 Å². The van der Waals surface area contributed by atoms with E-state index in [9.17, 15) is 0 Å². The van der Waals surface area contributed by atoms with Crippen molar-refractivity contribution < 1.29 is 9.31 Å². The molecule has 2 aromatic rings. The van der Waals surface area contributed by atoms with Crippen molar-refractivity contribution in [3.05, 3.63) is 30.0 Å². The number of aromatic amines is 1. The van der Waals surface area contributed by atoms with Gasteiger partial charge in [0.15, 0.2) is 0 Å². The van der Waals surface area contributed by atoms with Crippen LogP contribution in [0, 0.1) is 6.92 Å². The molecular weight excluding hydrogens is 237 g/mol. The summed E-state index contributed by atoms with van der Waals surface area (Å²) in [5.74, 6) is 0. The van der Waals surface area contributed by atoms with Crippen molar-refractivity contribution in [3.8, 4) is 0 Å². The van der Waals surface area contributed by atoms with E-state index >= 15 is 0 Å². The Bertz CT molecular complexity index is 614. The Morgan fingerprint density at radius 1 is 1.00 bits per heavy atom. The second-order valence-electron chi connectivity index (χ2n) is 6.31. The summed E-state index contributed by atoms with van der Waals surface area (Å²) in [6.45, 7) is 10.4. The average Bonchev–Trinajstić information content (AvgIpc) is 2.83. The predicted octanol–water partition coefficient (Wildman–Crippen LogP) is 2.78. The van der Waals surface area contributed by atoms with Crippen LogP contribution in [0.3, 0.4) is 0 Å². The van der Waals surface area contributed by atoms with Gasteiger partial charge < -0.3 is 14.3 Å². The topological polar surface area (TPSA) is 34.2 Å². The molecule has 1 aromatic carbocycles. The summed E-state index contributed by atoms with van der Waals surface area (Å²) in [7, 11) is -0.294. The number of fused-ring (bicyclic) bond motifs is 1. The molecule has 1 aromatic heterocycles. The molecule has 1 aliphatic rings. The van der Waals surface area contributed by atoms with Gasteiger partial charge in [0.2, 0.25) is 0 Å². The first-order valence-corrected chi connectivity index (χ1v) is 6.74. The van der Waals surface area contributed by atoms with Crippen LogP contribution >= 0.6 is 0 Å². The zero-order valence-corrected chi connectivity index (χ0v) is 12.2. The molecule has 1 N–H and O–H groups in total. The van der Waals surface area contributed by atoms with Gasteiger partial charge in [-0.1, -0.05) is 12.1 Å². The van der Waals surface area contributed by atoms with Gasteiger partial charge in [0.05, 0.1) is 11.2 Å². The standard InChI is InChI=1S/C15H20BNO2/c1-10-12(7-6-11-8-9-17-13(10)11)16-18-14(2,3)15(4,5)19-16/h6-9,17H,1-5H3. The fourth-order valence-electron chi connectivity index (χ4n) is 2.52. The lowest BCUT2D eigenvalue weighted by Crippen LogP contribution is -2.41. The minimum absolute atomic E-state index is 0.294. The van der Waals surface area contributed by atoms with Crippen molar-refractivity contribution in [1.82, 2.24) is 4.98 Å². The van der Waals surface area contributed by atoms with Crippen LogP contribution < -0.4 is 5.46 Å². The molecule has 2 heterocycles. The summed E-state index contributed by atoms with van der Waals surface area (Å²) in [4.78, 5) is 3.28. The Balaban J connectivity index is 2.04. The molecule has 0 saturated carbocycles. The third-order valence-electron chi connectivity index (χ3n) is 4.54. The van der Waals surface area contributed by atoms with Crippen LogP contribution in [0.5, 0.6) is 0 Å². The molecule has 0 radical (unpaired) electrons. The molecule has 100 valence electrons. The van der Waals surface area contributed by atoms with Crippen LogP contribution in [0.15, 0.2) is 24.4 Å². The van der Waals surface area contributed by atoms with Crippen LogP contribution in [0.25, 0.3) is 10.9 Å². The molecule has 3 nitrogen and oxygen atoms in total. The minimum atomic E-state index is -0.297. The van der Waals surface area contributed by atoms with E-state index in [-0.39, 0.29) is 18.3 Å². The first-order chi connectivity index (χ1) is 8.82. The number of rotatable bonds is 1. The van der Waals surface area contributed by atoms with Crippen LogP contribution in [-0.2, 0) is 9.31 Å². The van der Waals surface area contributed by atoms with Gasteiger partial charge >= 0.3 is 7.12 Å². The van der Waals surface area contributed by atoms with Crippen molar-refractivity contribution in [2.24, 2.45) is 0 Å². The second-order valence-corrected chi connectivity index (χ2v) is 6.31. The van der Waals surface area contributed by atoms with Gasteiger partial charge in [0.1, 0.15) is 0 Å². The highest BCUT2D eigenvalue weighted by molar-refractivity contribution is 6.63. The molecule has 3 rings (SSSR count). The van der Waals surface area contributed by atoms with Crippen molar-refractivity contribution in [1.29, 1.82) is 0 Å². The maximum Gasteiger partial charge on any atom is 0.495 e. The largest absolute Gasteiger partial charge is 0.495 e. The Morgan fingerprint density at radius 3 is 2.26 bits per heavy atom.